The number of carbonyl (C=O) groups excluding carboxylic acids is 1. The molecule has 0 saturated carbocycles. The van der Waals surface area contributed by atoms with E-state index in [1.165, 1.54) is 24.3 Å². The normalized spacial score (nSPS) is 13.1. The maximum Gasteiger partial charge on any atom is 0.238 e. The summed E-state index contributed by atoms with van der Waals surface area (Å²) < 4.78 is 12.7. The maximum atomic E-state index is 12.7. The molecule has 1 amide bonds. The molecule has 4 nitrogen and oxygen atoms in total. The standard InChI is InChI=1S/C15H23FN2O2/c1-15(2,3)13(8-9-19)17-10-14(20)18-12-6-4-11(16)5-7-12/h4-7,13,17,19H,8-10H2,1-3H3,(H,18,20). The van der Waals surface area contributed by atoms with E-state index in [9.17, 15) is 9.18 Å². The van der Waals surface area contributed by atoms with Crippen LogP contribution in [-0.2, 0) is 4.79 Å². The number of anilines is 1. The van der Waals surface area contributed by atoms with Crippen molar-refractivity contribution in [2.45, 2.75) is 33.2 Å². The highest BCUT2D eigenvalue weighted by Gasteiger charge is 2.24. The van der Waals surface area contributed by atoms with E-state index in [2.05, 4.69) is 31.4 Å². The molecule has 0 aliphatic carbocycles. The SMILES string of the molecule is CC(C)(C)C(CCO)NCC(=O)Nc1ccc(F)cc1. The third-order valence-corrected chi connectivity index (χ3v) is 3.10. The van der Waals surface area contributed by atoms with Crippen LogP contribution in [0.5, 0.6) is 0 Å². The predicted octanol–water partition coefficient (Wildman–Crippen LogP) is 2.15. The molecule has 0 bridgehead atoms. The number of aliphatic hydroxyl groups excluding tert-OH is 1. The van der Waals surface area contributed by atoms with Crippen LogP contribution in [0.15, 0.2) is 24.3 Å². The molecule has 0 heterocycles. The summed E-state index contributed by atoms with van der Waals surface area (Å²) in [5, 5.41) is 14.9. The van der Waals surface area contributed by atoms with E-state index in [4.69, 9.17) is 5.11 Å². The van der Waals surface area contributed by atoms with Gasteiger partial charge in [-0.2, -0.15) is 0 Å². The lowest BCUT2D eigenvalue weighted by Gasteiger charge is -2.31. The Kier molecular flexibility index (Phi) is 6.10. The minimum Gasteiger partial charge on any atom is -0.396 e. The second-order valence-electron chi connectivity index (χ2n) is 5.87. The van der Waals surface area contributed by atoms with Crippen molar-refractivity contribution in [3.63, 3.8) is 0 Å². The van der Waals surface area contributed by atoms with Gasteiger partial charge in [0.1, 0.15) is 5.82 Å². The second kappa shape index (κ2) is 7.36. The molecule has 0 saturated heterocycles. The maximum absolute atomic E-state index is 12.7. The van der Waals surface area contributed by atoms with Gasteiger partial charge in [0.05, 0.1) is 6.54 Å². The summed E-state index contributed by atoms with van der Waals surface area (Å²) in [6, 6.07) is 5.68. The first-order chi connectivity index (χ1) is 9.32. The summed E-state index contributed by atoms with van der Waals surface area (Å²) in [7, 11) is 0. The second-order valence-corrected chi connectivity index (χ2v) is 5.87. The monoisotopic (exact) mass is 282 g/mol. The number of rotatable bonds is 6. The number of hydrogen-bond acceptors (Lipinski definition) is 3. The average Bonchev–Trinajstić information content (AvgIpc) is 2.36. The number of halogens is 1. The van der Waals surface area contributed by atoms with E-state index in [0.29, 0.717) is 12.1 Å². The molecular weight excluding hydrogens is 259 g/mol. The molecule has 3 N–H and O–H groups in total. The molecule has 20 heavy (non-hydrogen) atoms. The van der Waals surface area contributed by atoms with Crippen LogP contribution in [0.3, 0.4) is 0 Å². The van der Waals surface area contributed by atoms with Crippen molar-refractivity contribution in [3.05, 3.63) is 30.1 Å². The predicted molar refractivity (Wildman–Crippen MR) is 78.0 cm³/mol. The van der Waals surface area contributed by atoms with Gasteiger partial charge >= 0.3 is 0 Å². The molecule has 0 aliphatic rings. The van der Waals surface area contributed by atoms with E-state index in [0.717, 1.165) is 0 Å². The molecule has 1 rings (SSSR count). The summed E-state index contributed by atoms with van der Waals surface area (Å²) in [6.45, 7) is 6.39. The Morgan fingerprint density at radius 2 is 1.90 bits per heavy atom. The van der Waals surface area contributed by atoms with E-state index in [-0.39, 0.29) is 36.3 Å². The molecule has 1 unspecified atom stereocenters. The average molecular weight is 282 g/mol. The highest BCUT2D eigenvalue weighted by Crippen LogP contribution is 2.21. The fraction of sp³-hybridized carbons (Fsp3) is 0.533. The topological polar surface area (TPSA) is 61.4 Å². The van der Waals surface area contributed by atoms with Gasteiger partial charge in [-0.25, -0.2) is 4.39 Å². The lowest BCUT2D eigenvalue weighted by atomic mass is 9.85. The number of nitrogens with one attached hydrogen (secondary N) is 2. The van der Waals surface area contributed by atoms with Crippen LogP contribution >= 0.6 is 0 Å². The van der Waals surface area contributed by atoms with Crippen LogP contribution in [0, 0.1) is 11.2 Å². The highest BCUT2D eigenvalue weighted by molar-refractivity contribution is 5.92. The number of hydrogen-bond donors (Lipinski definition) is 3. The first-order valence-corrected chi connectivity index (χ1v) is 6.72. The van der Waals surface area contributed by atoms with Crippen molar-refractivity contribution in [2.75, 3.05) is 18.5 Å². The van der Waals surface area contributed by atoms with Gasteiger partial charge in [0.2, 0.25) is 5.91 Å². The Bertz CT molecular complexity index is 426. The minimum atomic E-state index is -0.336. The Labute approximate surface area is 119 Å². The van der Waals surface area contributed by atoms with E-state index < -0.39 is 0 Å². The van der Waals surface area contributed by atoms with Crippen LogP contribution in [0.1, 0.15) is 27.2 Å². The quantitative estimate of drug-likeness (QED) is 0.749. The fourth-order valence-electron chi connectivity index (χ4n) is 1.92. The summed E-state index contributed by atoms with van der Waals surface area (Å²) in [5.41, 5.74) is 0.520. The number of benzene rings is 1. The van der Waals surface area contributed by atoms with Crippen LogP contribution in [0.2, 0.25) is 0 Å². The summed E-state index contributed by atoms with van der Waals surface area (Å²) in [4.78, 5) is 11.8. The zero-order valence-electron chi connectivity index (χ0n) is 12.2. The first kappa shape index (κ1) is 16.6. The molecule has 0 spiro atoms. The Balaban J connectivity index is 2.47. The van der Waals surface area contributed by atoms with Gasteiger partial charge in [-0.05, 0) is 36.1 Å². The van der Waals surface area contributed by atoms with Gasteiger partial charge in [-0.1, -0.05) is 20.8 Å². The Morgan fingerprint density at radius 1 is 1.30 bits per heavy atom. The molecule has 1 atom stereocenters. The molecule has 112 valence electrons. The molecule has 0 radical (unpaired) electrons. The molecule has 0 fully saturated rings. The van der Waals surface area contributed by atoms with E-state index in [1.54, 1.807) is 0 Å². The van der Waals surface area contributed by atoms with Crippen LogP contribution in [0.25, 0.3) is 0 Å². The highest BCUT2D eigenvalue weighted by atomic mass is 19.1. The summed E-state index contributed by atoms with van der Waals surface area (Å²) >= 11 is 0. The minimum absolute atomic E-state index is 0.0428. The smallest absolute Gasteiger partial charge is 0.238 e. The molecule has 1 aromatic rings. The van der Waals surface area contributed by atoms with Crippen molar-refractivity contribution in [1.82, 2.24) is 5.32 Å². The van der Waals surface area contributed by atoms with Gasteiger partial charge < -0.3 is 15.7 Å². The number of carbonyl (C=O) groups is 1. The fourth-order valence-corrected chi connectivity index (χ4v) is 1.92. The van der Waals surface area contributed by atoms with Crippen LogP contribution in [0.4, 0.5) is 10.1 Å². The van der Waals surface area contributed by atoms with Crippen molar-refractivity contribution < 1.29 is 14.3 Å². The Morgan fingerprint density at radius 3 is 2.40 bits per heavy atom. The lowest BCUT2D eigenvalue weighted by molar-refractivity contribution is -0.115. The van der Waals surface area contributed by atoms with E-state index in [1.807, 2.05) is 0 Å². The largest absolute Gasteiger partial charge is 0.396 e. The van der Waals surface area contributed by atoms with Gasteiger partial charge in [0, 0.05) is 18.3 Å². The van der Waals surface area contributed by atoms with Gasteiger partial charge in [-0.3, -0.25) is 4.79 Å². The molecular formula is C15H23FN2O2. The van der Waals surface area contributed by atoms with Crippen LogP contribution in [-0.4, -0.2) is 30.2 Å². The van der Waals surface area contributed by atoms with E-state index >= 15 is 0 Å². The van der Waals surface area contributed by atoms with Crippen molar-refractivity contribution >= 4 is 11.6 Å². The van der Waals surface area contributed by atoms with Crippen molar-refractivity contribution in [3.8, 4) is 0 Å². The molecule has 0 aromatic heterocycles. The summed E-state index contributed by atoms with van der Waals surface area (Å²) in [5.74, 6) is -0.527. The summed E-state index contributed by atoms with van der Waals surface area (Å²) in [6.07, 6.45) is 0.591. The Hall–Kier alpha value is -1.46. The third-order valence-electron chi connectivity index (χ3n) is 3.10. The zero-order valence-corrected chi connectivity index (χ0v) is 12.2. The number of aliphatic hydroxyl groups is 1. The molecule has 1 aromatic carbocycles. The van der Waals surface area contributed by atoms with Gasteiger partial charge in [0.15, 0.2) is 0 Å². The zero-order chi connectivity index (χ0) is 15.2. The van der Waals surface area contributed by atoms with Gasteiger partial charge in [0.25, 0.3) is 0 Å². The van der Waals surface area contributed by atoms with Crippen molar-refractivity contribution in [2.24, 2.45) is 5.41 Å². The lowest BCUT2D eigenvalue weighted by Crippen LogP contribution is -2.44. The first-order valence-electron chi connectivity index (χ1n) is 6.72. The number of amides is 1. The molecule has 5 heteroatoms. The van der Waals surface area contributed by atoms with Crippen molar-refractivity contribution in [1.29, 1.82) is 0 Å². The van der Waals surface area contributed by atoms with Gasteiger partial charge in [-0.15, -0.1) is 0 Å². The third kappa shape index (κ3) is 5.67. The molecule has 0 aliphatic heterocycles. The van der Waals surface area contributed by atoms with Crippen LogP contribution < -0.4 is 10.6 Å².